The Morgan fingerprint density at radius 2 is 1.90 bits per heavy atom. The molecule has 5 rings (SSSR count). The van der Waals surface area contributed by atoms with Crippen molar-refractivity contribution in [2.75, 3.05) is 24.0 Å². The lowest BCUT2D eigenvalue weighted by Gasteiger charge is -2.35. The van der Waals surface area contributed by atoms with Crippen molar-refractivity contribution in [3.05, 3.63) is 64.6 Å². The highest BCUT2D eigenvalue weighted by Gasteiger charge is 2.32. The Morgan fingerprint density at radius 1 is 1.13 bits per heavy atom. The maximum atomic E-state index is 13.9. The Labute approximate surface area is 237 Å². The van der Waals surface area contributed by atoms with Crippen molar-refractivity contribution < 1.29 is 23.1 Å². The average molecular weight is 634 g/mol. The number of aromatic amines is 1. The number of thiophene rings is 1. The molecule has 1 aliphatic heterocycles. The Bertz CT molecular complexity index is 1540. The minimum atomic E-state index is -3.72. The van der Waals surface area contributed by atoms with Crippen LogP contribution in [0.25, 0.3) is 21.1 Å². The van der Waals surface area contributed by atoms with Crippen molar-refractivity contribution in [3.63, 3.8) is 0 Å². The number of hydrogen-bond donors (Lipinski definition) is 3. The van der Waals surface area contributed by atoms with Crippen LogP contribution in [0.5, 0.6) is 5.75 Å². The number of halogens is 1. The van der Waals surface area contributed by atoms with Crippen molar-refractivity contribution in [2.45, 2.75) is 24.6 Å². The zero-order chi connectivity index (χ0) is 27.4. The first-order valence-corrected chi connectivity index (χ1v) is 15.3. The number of rotatable bonds is 10. The highest BCUT2D eigenvalue weighted by Crippen LogP contribution is 2.50. The molecule has 14 heteroatoms. The minimum Gasteiger partial charge on any atom is -0.479 e. The zero-order valence-electron chi connectivity index (χ0n) is 20.6. The second-order valence-corrected chi connectivity index (χ2v) is 12.6. The van der Waals surface area contributed by atoms with Gasteiger partial charge in [0.2, 0.25) is 10.0 Å². The Balaban J connectivity index is 1.56. The number of piperidine rings is 1. The first-order valence-electron chi connectivity index (χ1n) is 12.1. The molecule has 1 saturated heterocycles. The molecule has 0 bridgehead atoms. The molecule has 11 nitrogen and oxygen atoms in total. The summed E-state index contributed by atoms with van der Waals surface area (Å²) < 4.78 is 35.4. The number of hydrogen-bond acceptors (Lipinski definition) is 9. The summed E-state index contributed by atoms with van der Waals surface area (Å²) in [6.07, 6.45) is 1.38. The first kappa shape index (κ1) is 27.2. The molecule has 1 fully saturated rings. The number of carboxylic acid groups (broad SMARTS) is 1. The van der Waals surface area contributed by atoms with E-state index in [9.17, 15) is 13.2 Å². The second kappa shape index (κ2) is 11.8. The van der Waals surface area contributed by atoms with Crippen LogP contribution < -0.4 is 14.4 Å². The summed E-state index contributed by atoms with van der Waals surface area (Å²) in [6.45, 7) is 0.915. The van der Waals surface area contributed by atoms with Gasteiger partial charge in [-0.05, 0) is 75.5 Å². The SMILES string of the molecule is O=C(O)COc1c(-c2nnn[nH]2)sc(-c2cccc(N(C3CCNCC3)S(=O)(=O)Cc3ccccc3)c2)c1Br. The number of carbonyl (C=O) groups is 1. The molecule has 39 heavy (non-hydrogen) atoms. The molecule has 2 aromatic heterocycles. The number of tetrazole rings is 1. The van der Waals surface area contributed by atoms with Crippen LogP contribution in [0, 0.1) is 0 Å². The molecule has 0 spiro atoms. The van der Waals surface area contributed by atoms with E-state index in [4.69, 9.17) is 9.84 Å². The number of anilines is 1. The Morgan fingerprint density at radius 3 is 2.59 bits per heavy atom. The van der Waals surface area contributed by atoms with Gasteiger partial charge in [-0.15, -0.1) is 16.4 Å². The fourth-order valence-corrected chi connectivity index (χ4v) is 8.37. The molecule has 0 saturated carbocycles. The molecule has 204 valence electrons. The van der Waals surface area contributed by atoms with E-state index in [1.807, 2.05) is 48.5 Å². The standard InChI is InChI=1S/C25H25BrN6O5S2/c26-21-22(37-14-20(33)34)24(25-28-30-31-29-25)38-23(21)17-7-4-8-19(13-17)32(18-9-11-27-12-10-18)39(35,36)15-16-5-2-1-3-6-16/h1-8,13,18,27H,9-12,14-15H2,(H,33,34)(H,28,29,30,31). The molecule has 0 aliphatic carbocycles. The molecule has 3 N–H and O–H groups in total. The summed E-state index contributed by atoms with van der Waals surface area (Å²) in [4.78, 5) is 12.4. The molecule has 0 radical (unpaired) electrons. The number of benzene rings is 2. The van der Waals surface area contributed by atoms with E-state index < -0.39 is 22.6 Å². The van der Waals surface area contributed by atoms with Crippen LogP contribution in [-0.2, 0) is 20.6 Å². The molecule has 1 aliphatic rings. The topological polar surface area (TPSA) is 150 Å². The normalized spacial score (nSPS) is 14.3. The zero-order valence-corrected chi connectivity index (χ0v) is 23.8. The lowest BCUT2D eigenvalue weighted by atomic mass is 10.1. The fraction of sp³-hybridized carbons (Fsp3) is 0.280. The molecular weight excluding hydrogens is 608 g/mol. The number of ether oxygens (including phenoxy) is 1. The van der Waals surface area contributed by atoms with E-state index in [2.05, 4.69) is 41.9 Å². The monoisotopic (exact) mass is 632 g/mol. The number of nitrogens with zero attached hydrogens (tertiary/aromatic N) is 4. The third-order valence-corrected chi connectivity index (χ3v) is 10.3. The van der Waals surface area contributed by atoms with E-state index in [0.717, 1.165) is 24.2 Å². The van der Waals surface area contributed by atoms with Gasteiger partial charge in [-0.2, -0.15) is 0 Å². The van der Waals surface area contributed by atoms with Gasteiger partial charge in [0.15, 0.2) is 18.2 Å². The van der Waals surface area contributed by atoms with Crippen LogP contribution in [0.1, 0.15) is 18.4 Å². The van der Waals surface area contributed by atoms with Crippen LogP contribution in [-0.4, -0.2) is 65.9 Å². The van der Waals surface area contributed by atoms with Crippen molar-refractivity contribution in [2.24, 2.45) is 0 Å². The quantitative estimate of drug-likeness (QED) is 0.236. The van der Waals surface area contributed by atoms with Crippen molar-refractivity contribution in [1.29, 1.82) is 0 Å². The highest BCUT2D eigenvalue weighted by atomic mass is 79.9. The van der Waals surface area contributed by atoms with Gasteiger partial charge in [-0.3, -0.25) is 4.31 Å². The van der Waals surface area contributed by atoms with Gasteiger partial charge in [0.1, 0.15) is 4.88 Å². The van der Waals surface area contributed by atoms with Crippen LogP contribution in [0.3, 0.4) is 0 Å². The number of H-pyrrole nitrogens is 1. The van der Waals surface area contributed by atoms with Crippen LogP contribution in [0.15, 0.2) is 59.1 Å². The highest BCUT2D eigenvalue weighted by molar-refractivity contribution is 9.10. The third kappa shape index (κ3) is 6.13. The predicted octanol–water partition coefficient (Wildman–Crippen LogP) is 3.91. The fourth-order valence-electron chi connectivity index (χ4n) is 4.53. The van der Waals surface area contributed by atoms with E-state index in [1.54, 1.807) is 10.4 Å². The molecule has 0 unspecified atom stereocenters. The summed E-state index contributed by atoms with van der Waals surface area (Å²) >= 11 is 4.86. The molecule has 4 aromatic rings. The van der Waals surface area contributed by atoms with Gasteiger partial charge in [-0.1, -0.05) is 42.5 Å². The van der Waals surface area contributed by atoms with Crippen molar-refractivity contribution in [3.8, 4) is 26.9 Å². The molecule has 3 heterocycles. The minimum absolute atomic E-state index is 0.111. The molecule has 0 atom stereocenters. The molecule has 0 amide bonds. The van der Waals surface area contributed by atoms with Gasteiger partial charge >= 0.3 is 5.97 Å². The average Bonchev–Trinajstić information content (AvgIpc) is 3.56. The lowest BCUT2D eigenvalue weighted by molar-refractivity contribution is -0.139. The molecular formula is C25H25BrN6O5S2. The van der Waals surface area contributed by atoms with Crippen molar-refractivity contribution >= 4 is 48.9 Å². The predicted molar refractivity (Wildman–Crippen MR) is 151 cm³/mol. The van der Waals surface area contributed by atoms with Gasteiger partial charge in [0.05, 0.1) is 20.8 Å². The maximum absolute atomic E-state index is 13.9. The largest absolute Gasteiger partial charge is 0.479 e. The van der Waals surface area contributed by atoms with Crippen LogP contribution in [0.4, 0.5) is 5.69 Å². The van der Waals surface area contributed by atoms with E-state index in [0.29, 0.717) is 38.6 Å². The number of nitrogens with one attached hydrogen (secondary N) is 2. The summed E-state index contributed by atoms with van der Waals surface area (Å²) in [7, 11) is -3.72. The Kier molecular flexibility index (Phi) is 8.26. The summed E-state index contributed by atoms with van der Waals surface area (Å²) in [5, 5.41) is 26.3. The van der Waals surface area contributed by atoms with Gasteiger partial charge in [0.25, 0.3) is 0 Å². The third-order valence-electron chi connectivity index (χ3n) is 6.20. The number of aromatic nitrogens is 4. The summed E-state index contributed by atoms with van der Waals surface area (Å²) in [5.41, 5.74) is 2.02. The van der Waals surface area contributed by atoms with Gasteiger partial charge in [-0.25, -0.2) is 18.3 Å². The number of aliphatic carboxylic acids is 1. The van der Waals surface area contributed by atoms with Crippen LogP contribution >= 0.6 is 27.3 Å². The van der Waals surface area contributed by atoms with E-state index in [-0.39, 0.29) is 17.5 Å². The van der Waals surface area contributed by atoms with Gasteiger partial charge in [0, 0.05) is 6.04 Å². The smallest absolute Gasteiger partial charge is 0.341 e. The van der Waals surface area contributed by atoms with Gasteiger partial charge < -0.3 is 15.2 Å². The number of carboxylic acids is 1. The number of sulfonamides is 1. The van der Waals surface area contributed by atoms with Crippen LogP contribution in [0.2, 0.25) is 0 Å². The van der Waals surface area contributed by atoms with E-state index >= 15 is 0 Å². The maximum Gasteiger partial charge on any atom is 0.341 e. The summed E-state index contributed by atoms with van der Waals surface area (Å²) in [6, 6.07) is 16.3. The lowest BCUT2D eigenvalue weighted by Crippen LogP contribution is -2.46. The Hall–Kier alpha value is -3.33. The first-order chi connectivity index (χ1) is 18.8. The van der Waals surface area contributed by atoms with E-state index in [1.165, 1.54) is 11.3 Å². The molecule has 2 aromatic carbocycles. The van der Waals surface area contributed by atoms with Crippen molar-refractivity contribution in [1.82, 2.24) is 25.9 Å². The summed E-state index contributed by atoms with van der Waals surface area (Å²) in [5.74, 6) is -0.626. The second-order valence-electron chi connectivity index (χ2n) is 8.90.